The number of nitrogens with zero attached hydrogens (tertiary/aromatic N) is 2. The van der Waals surface area contributed by atoms with Gasteiger partial charge in [-0.3, -0.25) is 14.2 Å². The largest absolute Gasteiger partial charge is 0.494 e. The highest BCUT2D eigenvalue weighted by Crippen LogP contribution is 2.29. The van der Waals surface area contributed by atoms with E-state index >= 15 is 0 Å². The maximum atomic E-state index is 13.1. The first-order valence-electron chi connectivity index (χ1n) is 8.66. The van der Waals surface area contributed by atoms with Crippen molar-refractivity contribution < 1.29 is 9.90 Å². The van der Waals surface area contributed by atoms with Crippen molar-refractivity contribution in [3.8, 4) is 11.9 Å². The van der Waals surface area contributed by atoms with Crippen molar-refractivity contribution in [1.29, 1.82) is 5.26 Å². The monoisotopic (exact) mass is 426 g/mol. The number of pyridine rings is 1. The predicted molar refractivity (Wildman–Crippen MR) is 112 cm³/mol. The molecule has 0 amide bonds. The van der Waals surface area contributed by atoms with Gasteiger partial charge in [0.15, 0.2) is 5.78 Å². The number of aromatic hydroxyl groups is 1. The van der Waals surface area contributed by atoms with Gasteiger partial charge in [-0.05, 0) is 43.2 Å². The van der Waals surface area contributed by atoms with Crippen molar-refractivity contribution in [3.63, 3.8) is 0 Å². The van der Waals surface area contributed by atoms with Crippen LogP contribution in [0.3, 0.4) is 0 Å². The molecular formula is C22H16Cl2N2O3. The quantitative estimate of drug-likeness (QED) is 0.616. The third kappa shape index (κ3) is 3.91. The van der Waals surface area contributed by atoms with Gasteiger partial charge in [0.2, 0.25) is 5.88 Å². The van der Waals surface area contributed by atoms with Gasteiger partial charge in [-0.25, -0.2) is 0 Å². The Kier molecular flexibility index (Phi) is 5.78. The van der Waals surface area contributed by atoms with Crippen LogP contribution in [0.25, 0.3) is 0 Å². The van der Waals surface area contributed by atoms with Crippen molar-refractivity contribution in [3.05, 3.63) is 96.2 Å². The molecule has 0 aliphatic carbocycles. The Morgan fingerprint density at radius 3 is 2.38 bits per heavy atom. The molecule has 1 aromatic heterocycles. The fourth-order valence-corrected chi connectivity index (χ4v) is 3.55. The van der Waals surface area contributed by atoms with E-state index in [1.54, 1.807) is 0 Å². The van der Waals surface area contributed by atoms with Crippen LogP contribution in [0.5, 0.6) is 5.88 Å². The molecule has 1 N–H and O–H groups in total. The van der Waals surface area contributed by atoms with E-state index in [2.05, 4.69) is 0 Å². The number of aryl methyl sites for hydroxylation is 1. The van der Waals surface area contributed by atoms with Gasteiger partial charge in [0.25, 0.3) is 5.56 Å². The average Bonchev–Trinajstić information content (AvgIpc) is 2.67. The Morgan fingerprint density at radius 1 is 1.14 bits per heavy atom. The number of hydrogen-bond acceptors (Lipinski definition) is 4. The highest BCUT2D eigenvalue weighted by atomic mass is 35.5. The Bertz CT molecular complexity index is 1220. The molecule has 0 aliphatic rings. The molecule has 0 saturated heterocycles. The molecule has 0 saturated carbocycles. The van der Waals surface area contributed by atoms with E-state index in [1.807, 2.05) is 37.3 Å². The summed E-state index contributed by atoms with van der Waals surface area (Å²) in [7, 11) is 0. The minimum absolute atomic E-state index is 0.00847. The van der Waals surface area contributed by atoms with Crippen LogP contribution in [0.2, 0.25) is 10.0 Å². The first-order valence-corrected chi connectivity index (χ1v) is 9.42. The average molecular weight is 427 g/mol. The molecule has 3 aromatic rings. The smallest absolute Gasteiger partial charge is 0.271 e. The molecule has 0 atom stereocenters. The molecule has 0 fully saturated rings. The Hall–Kier alpha value is -3.07. The van der Waals surface area contributed by atoms with E-state index in [4.69, 9.17) is 23.2 Å². The van der Waals surface area contributed by atoms with Crippen LogP contribution < -0.4 is 5.56 Å². The first-order chi connectivity index (χ1) is 13.7. The van der Waals surface area contributed by atoms with Gasteiger partial charge < -0.3 is 5.11 Å². The SMILES string of the molecule is Cc1ccc(Cn2c(O)c(C(=O)c3ccc(Cl)cc3Cl)c(C)c(C#N)c2=O)cc1. The number of hydrogen-bond donors (Lipinski definition) is 1. The summed E-state index contributed by atoms with van der Waals surface area (Å²) in [5, 5.41) is 20.8. The van der Waals surface area contributed by atoms with Crippen LogP contribution in [0.15, 0.2) is 47.3 Å². The zero-order valence-electron chi connectivity index (χ0n) is 15.7. The van der Waals surface area contributed by atoms with E-state index in [9.17, 15) is 20.0 Å². The second-order valence-electron chi connectivity index (χ2n) is 6.64. The number of carbonyl (C=O) groups excluding carboxylic acids is 1. The minimum Gasteiger partial charge on any atom is -0.494 e. The number of carbonyl (C=O) groups is 1. The third-order valence-corrected chi connectivity index (χ3v) is 5.21. The molecule has 0 spiro atoms. The van der Waals surface area contributed by atoms with Gasteiger partial charge in [-0.1, -0.05) is 53.0 Å². The number of aromatic nitrogens is 1. The van der Waals surface area contributed by atoms with E-state index in [-0.39, 0.29) is 33.8 Å². The fraction of sp³-hybridized carbons (Fsp3) is 0.136. The molecule has 146 valence electrons. The maximum Gasteiger partial charge on any atom is 0.271 e. The lowest BCUT2D eigenvalue weighted by Crippen LogP contribution is -2.27. The summed E-state index contributed by atoms with van der Waals surface area (Å²) in [6.45, 7) is 3.39. The summed E-state index contributed by atoms with van der Waals surface area (Å²) >= 11 is 12.0. The normalized spacial score (nSPS) is 10.6. The van der Waals surface area contributed by atoms with Gasteiger partial charge in [0.05, 0.1) is 17.1 Å². The van der Waals surface area contributed by atoms with Crippen LogP contribution in [0, 0.1) is 25.2 Å². The van der Waals surface area contributed by atoms with Crippen LogP contribution in [0.4, 0.5) is 0 Å². The van der Waals surface area contributed by atoms with Crippen molar-refractivity contribution >= 4 is 29.0 Å². The molecule has 7 heteroatoms. The summed E-state index contributed by atoms with van der Waals surface area (Å²) in [5.41, 5.74) is 0.983. The topological polar surface area (TPSA) is 83.1 Å². The molecule has 29 heavy (non-hydrogen) atoms. The first kappa shape index (κ1) is 20.7. The van der Waals surface area contributed by atoms with E-state index < -0.39 is 17.2 Å². The molecule has 0 radical (unpaired) electrons. The van der Waals surface area contributed by atoms with Crippen LogP contribution in [-0.4, -0.2) is 15.5 Å². The number of ketones is 1. The fourth-order valence-electron chi connectivity index (χ4n) is 3.05. The summed E-state index contributed by atoms with van der Waals surface area (Å²) in [6, 6.07) is 13.6. The van der Waals surface area contributed by atoms with Crippen molar-refractivity contribution in [2.45, 2.75) is 20.4 Å². The lowest BCUT2D eigenvalue weighted by Gasteiger charge is -2.16. The molecule has 0 aliphatic heterocycles. The third-order valence-electron chi connectivity index (χ3n) is 4.66. The molecule has 0 unspecified atom stereocenters. The Balaban J connectivity index is 2.22. The van der Waals surface area contributed by atoms with E-state index in [0.717, 1.165) is 15.7 Å². The summed E-state index contributed by atoms with van der Waals surface area (Å²) in [5.74, 6) is -1.11. The van der Waals surface area contributed by atoms with Crippen molar-refractivity contribution in [2.75, 3.05) is 0 Å². The standard InChI is InChI=1S/C22H16Cl2N2O3/c1-12-3-5-14(6-4-12)11-26-21(28)17(10-25)13(2)19(22(26)29)20(27)16-8-7-15(23)9-18(16)24/h3-9,29H,11H2,1-2H3. The van der Waals surface area contributed by atoms with Crippen LogP contribution >= 0.6 is 23.2 Å². The van der Waals surface area contributed by atoms with Gasteiger partial charge in [-0.15, -0.1) is 0 Å². The summed E-state index contributed by atoms with van der Waals surface area (Å²) < 4.78 is 1.02. The lowest BCUT2D eigenvalue weighted by atomic mass is 9.97. The Labute approximate surface area is 177 Å². The molecule has 3 rings (SSSR count). The highest BCUT2D eigenvalue weighted by Gasteiger charge is 2.26. The van der Waals surface area contributed by atoms with Gasteiger partial charge >= 0.3 is 0 Å². The zero-order chi connectivity index (χ0) is 21.3. The number of benzene rings is 2. The Morgan fingerprint density at radius 2 is 1.79 bits per heavy atom. The maximum absolute atomic E-state index is 13.1. The molecule has 0 bridgehead atoms. The number of halogens is 2. The lowest BCUT2D eigenvalue weighted by molar-refractivity contribution is 0.103. The number of rotatable bonds is 4. The molecule has 5 nitrogen and oxygen atoms in total. The second-order valence-corrected chi connectivity index (χ2v) is 7.48. The van der Waals surface area contributed by atoms with Gasteiger partial charge in [0.1, 0.15) is 11.6 Å². The summed E-state index contributed by atoms with van der Waals surface area (Å²) in [4.78, 5) is 25.9. The summed E-state index contributed by atoms with van der Waals surface area (Å²) in [6.07, 6.45) is 0. The van der Waals surface area contributed by atoms with E-state index in [1.165, 1.54) is 25.1 Å². The van der Waals surface area contributed by atoms with E-state index in [0.29, 0.717) is 5.02 Å². The zero-order valence-corrected chi connectivity index (χ0v) is 17.2. The molecular weight excluding hydrogens is 411 g/mol. The second kappa shape index (κ2) is 8.12. The van der Waals surface area contributed by atoms with Crippen molar-refractivity contribution in [2.24, 2.45) is 0 Å². The molecule has 1 heterocycles. The van der Waals surface area contributed by atoms with Gasteiger partial charge in [0, 0.05) is 10.6 Å². The van der Waals surface area contributed by atoms with Crippen LogP contribution in [-0.2, 0) is 6.54 Å². The predicted octanol–water partition coefficient (Wildman–Crippen LogP) is 4.63. The van der Waals surface area contributed by atoms with Crippen molar-refractivity contribution in [1.82, 2.24) is 4.57 Å². The molecule has 2 aromatic carbocycles. The number of nitriles is 1. The minimum atomic E-state index is -0.665. The van der Waals surface area contributed by atoms with Gasteiger partial charge in [-0.2, -0.15) is 5.26 Å². The highest BCUT2D eigenvalue weighted by molar-refractivity contribution is 6.37. The van der Waals surface area contributed by atoms with Crippen LogP contribution in [0.1, 0.15) is 38.2 Å².